The van der Waals surface area contributed by atoms with Crippen molar-refractivity contribution in [3.8, 4) is 22.6 Å². The highest BCUT2D eigenvalue weighted by molar-refractivity contribution is 5.65. The lowest BCUT2D eigenvalue weighted by Gasteiger charge is -2.03. The zero-order chi connectivity index (χ0) is 10.8. The lowest BCUT2D eigenvalue weighted by molar-refractivity contribution is 0.404. The first-order valence-electron chi connectivity index (χ1n) is 4.48. The fraction of sp³-hybridized carbons (Fsp3) is 0.0909. The molecule has 0 aliphatic carbocycles. The van der Waals surface area contributed by atoms with E-state index in [2.05, 4.69) is 9.97 Å². The smallest absolute Gasteiger partial charge is 0.158 e. The molecule has 0 saturated heterocycles. The summed E-state index contributed by atoms with van der Waals surface area (Å²) in [4.78, 5) is 8.10. The first-order valence-corrected chi connectivity index (χ1v) is 4.48. The van der Waals surface area contributed by atoms with Crippen molar-refractivity contribution in [2.45, 2.75) is 6.92 Å². The number of nitrogens with zero attached hydrogens (tertiary/aromatic N) is 2. The van der Waals surface area contributed by atoms with Crippen molar-refractivity contribution >= 4 is 0 Å². The Balaban J connectivity index is 2.45. The van der Waals surface area contributed by atoms with Crippen molar-refractivity contribution in [1.29, 1.82) is 0 Å². The molecule has 1 heterocycles. The Bertz CT molecular complexity index is 480. The predicted molar refractivity (Wildman–Crippen MR) is 55.5 cm³/mol. The summed E-state index contributed by atoms with van der Waals surface area (Å²) in [5, 5.41) is 18.5. The summed E-state index contributed by atoms with van der Waals surface area (Å²) in [6.07, 6.45) is 3.35. The van der Waals surface area contributed by atoms with Crippen LogP contribution >= 0.6 is 0 Å². The minimum Gasteiger partial charge on any atom is -0.504 e. The first-order chi connectivity index (χ1) is 7.16. The Morgan fingerprint density at radius 3 is 2.20 bits per heavy atom. The zero-order valence-corrected chi connectivity index (χ0v) is 8.18. The summed E-state index contributed by atoms with van der Waals surface area (Å²) >= 11 is 0. The third-order valence-electron chi connectivity index (χ3n) is 2.09. The Morgan fingerprint density at radius 2 is 1.60 bits per heavy atom. The monoisotopic (exact) mass is 202 g/mol. The van der Waals surface area contributed by atoms with E-state index in [9.17, 15) is 5.11 Å². The van der Waals surface area contributed by atoms with Gasteiger partial charge in [0.05, 0.1) is 0 Å². The van der Waals surface area contributed by atoms with Crippen LogP contribution in [0, 0.1) is 6.92 Å². The van der Waals surface area contributed by atoms with Crippen LogP contribution < -0.4 is 0 Å². The number of phenolic OH excluding ortho intramolecular Hbond substituents is 2. The van der Waals surface area contributed by atoms with Crippen molar-refractivity contribution in [2.24, 2.45) is 0 Å². The Labute approximate surface area is 86.9 Å². The molecule has 0 atom stereocenters. The second kappa shape index (κ2) is 3.57. The van der Waals surface area contributed by atoms with Crippen LogP contribution in [-0.2, 0) is 0 Å². The van der Waals surface area contributed by atoms with E-state index < -0.39 is 0 Å². The van der Waals surface area contributed by atoms with Crippen LogP contribution in [0.4, 0.5) is 0 Å². The first kappa shape index (κ1) is 9.45. The summed E-state index contributed by atoms with van der Waals surface area (Å²) in [5.41, 5.74) is 1.57. The Kier molecular flexibility index (Phi) is 2.25. The SMILES string of the molecule is Cc1ncc(-c2ccc(O)c(O)c2)cn1. The number of rotatable bonds is 1. The highest BCUT2D eigenvalue weighted by Crippen LogP contribution is 2.29. The van der Waals surface area contributed by atoms with Gasteiger partial charge in [-0.2, -0.15) is 0 Å². The molecule has 4 nitrogen and oxygen atoms in total. The van der Waals surface area contributed by atoms with Gasteiger partial charge >= 0.3 is 0 Å². The normalized spacial score (nSPS) is 10.2. The number of hydrogen-bond acceptors (Lipinski definition) is 4. The van der Waals surface area contributed by atoms with Crippen LogP contribution in [0.1, 0.15) is 5.82 Å². The van der Waals surface area contributed by atoms with Gasteiger partial charge in [0.15, 0.2) is 11.5 Å². The zero-order valence-electron chi connectivity index (χ0n) is 8.18. The second-order valence-corrected chi connectivity index (χ2v) is 3.22. The summed E-state index contributed by atoms with van der Waals surface area (Å²) in [6.45, 7) is 1.80. The van der Waals surface area contributed by atoms with E-state index >= 15 is 0 Å². The standard InChI is InChI=1S/C11H10N2O2/c1-7-12-5-9(6-13-7)8-2-3-10(14)11(15)4-8/h2-6,14-15H,1H3. The molecule has 1 aromatic heterocycles. The van der Waals surface area contributed by atoms with E-state index in [0.29, 0.717) is 5.82 Å². The fourth-order valence-electron chi connectivity index (χ4n) is 1.24. The molecule has 76 valence electrons. The lowest BCUT2D eigenvalue weighted by atomic mass is 10.1. The van der Waals surface area contributed by atoms with Gasteiger partial charge in [0.1, 0.15) is 5.82 Å². The minimum absolute atomic E-state index is 0.133. The average molecular weight is 202 g/mol. The molecule has 15 heavy (non-hydrogen) atoms. The maximum absolute atomic E-state index is 9.33. The number of benzene rings is 1. The quantitative estimate of drug-likeness (QED) is 0.693. The van der Waals surface area contributed by atoms with Gasteiger partial charge in [-0.15, -0.1) is 0 Å². The Morgan fingerprint density at radius 1 is 0.933 bits per heavy atom. The van der Waals surface area contributed by atoms with Crippen molar-refractivity contribution < 1.29 is 10.2 Å². The molecule has 2 N–H and O–H groups in total. The maximum Gasteiger partial charge on any atom is 0.158 e. The summed E-state index contributed by atoms with van der Waals surface area (Å²) < 4.78 is 0. The number of aryl methyl sites for hydroxylation is 1. The van der Waals surface area contributed by atoms with E-state index in [1.807, 2.05) is 0 Å². The molecule has 0 saturated carbocycles. The van der Waals surface area contributed by atoms with E-state index in [0.717, 1.165) is 11.1 Å². The van der Waals surface area contributed by atoms with E-state index in [-0.39, 0.29) is 11.5 Å². The van der Waals surface area contributed by atoms with Crippen LogP contribution in [0.2, 0.25) is 0 Å². The molecule has 0 bridgehead atoms. The molecular formula is C11H10N2O2. The molecule has 0 radical (unpaired) electrons. The molecule has 1 aromatic carbocycles. The number of hydrogen-bond donors (Lipinski definition) is 2. The lowest BCUT2D eigenvalue weighted by Crippen LogP contribution is -1.87. The van der Waals surface area contributed by atoms with Crippen LogP contribution in [0.5, 0.6) is 11.5 Å². The number of aromatic hydroxyl groups is 2. The van der Waals surface area contributed by atoms with E-state index in [1.165, 1.54) is 12.1 Å². The van der Waals surface area contributed by atoms with Crippen LogP contribution in [-0.4, -0.2) is 20.2 Å². The molecule has 0 spiro atoms. The van der Waals surface area contributed by atoms with Crippen LogP contribution in [0.3, 0.4) is 0 Å². The minimum atomic E-state index is -0.145. The highest BCUT2D eigenvalue weighted by atomic mass is 16.3. The predicted octanol–water partition coefficient (Wildman–Crippen LogP) is 1.86. The van der Waals surface area contributed by atoms with Crippen molar-refractivity contribution in [3.05, 3.63) is 36.4 Å². The topological polar surface area (TPSA) is 66.2 Å². The average Bonchev–Trinajstić information content (AvgIpc) is 2.23. The van der Waals surface area contributed by atoms with Gasteiger partial charge in [0, 0.05) is 18.0 Å². The summed E-state index contributed by atoms with van der Waals surface area (Å²) in [7, 11) is 0. The van der Waals surface area contributed by atoms with Crippen LogP contribution in [0.25, 0.3) is 11.1 Å². The maximum atomic E-state index is 9.33. The van der Waals surface area contributed by atoms with Crippen molar-refractivity contribution in [1.82, 2.24) is 9.97 Å². The third-order valence-corrected chi connectivity index (χ3v) is 2.09. The molecule has 0 fully saturated rings. The van der Waals surface area contributed by atoms with Gasteiger partial charge in [-0.05, 0) is 24.6 Å². The molecular weight excluding hydrogens is 192 g/mol. The highest BCUT2D eigenvalue weighted by Gasteiger charge is 2.03. The van der Waals surface area contributed by atoms with Gasteiger partial charge in [-0.25, -0.2) is 9.97 Å². The van der Waals surface area contributed by atoms with Gasteiger partial charge in [0.25, 0.3) is 0 Å². The van der Waals surface area contributed by atoms with Gasteiger partial charge in [-0.3, -0.25) is 0 Å². The molecule has 0 amide bonds. The molecule has 0 unspecified atom stereocenters. The largest absolute Gasteiger partial charge is 0.504 e. The van der Waals surface area contributed by atoms with Gasteiger partial charge in [-0.1, -0.05) is 6.07 Å². The summed E-state index contributed by atoms with van der Waals surface area (Å²) in [5.74, 6) is 0.418. The second-order valence-electron chi connectivity index (χ2n) is 3.22. The van der Waals surface area contributed by atoms with Crippen molar-refractivity contribution in [3.63, 3.8) is 0 Å². The Hall–Kier alpha value is -2.10. The van der Waals surface area contributed by atoms with Crippen molar-refractivity contribution in [2.75, 3.05) is 0 Å². The van der Waals surface area contributed by atoms with E-state index in [1.54, 1.807) is 25.4 Å². The summed E-state index contributed by atoms with van der Waals surface area (Å²) in [6, 6.07) is 4.61. The molecule has 4 heteroatoms. The number of phenols is 2. The number of aromatic nitrogens is 2. The molecule has 2 rings (SSSR count). The molecule has 2 aromatic rings. The van der Waals surface area contributed by atoms with Crippen LogP contribution in [0.15, 0.2) is 30.6 Å². The van der Waals surface area contributed by atoms with Gasteiger partial charge in [0.2, 0.25) is 0 Å². The third kappa shape index (κ3) is 1.88. The van der Waals surface area contributed by atoms with E-state index in [4.69, 9.17) is 5.11 Å². The fourth-order valence-corrected chi connectivity index (χ4v) is 1.24. The van der Waals surface area contributed by atoms with Gasteiger partial charge < -0.3 is 10.2 Å². The molecule has 0 aliphatic heterocycles. The molecule has 0 aliphatic rings.